The Labute approximate surface area is 97.9 Å². The molecule has 0 spiro atoms. The number of hydrogen-bond acceptors (Lipinski definition) is 4. The van der Waals surface area contributed by atoms with Gasteiger partial charge in [-0.05, 0) is 20.3 Å². The molecule has 0 bridgehead atoms. The van der Waals surface area contributed by atoms with E-state index in [1.165, 1.54) is 0 Å². The van der Waals surface area contributed by atoms with Gasteiger partial charge in [0, 0.05) is 26.2 Å². The molecule has 1 aliphatic heterocycles. The van der Waals surface area contributed by atoms with E-state index >= 15 is 0 Å². The standard InChI is InChI=1S/C12H23NO3/c1-4-15-12(14)10(2)8-13-6-5-7-16-11(3)9-13/h10-11H,4-9H2,1-3H3. The molecule has 1 aliphatic rings. The Morgan fingerprint density at radius 3 is 3.06 bits per heavy atom. The molecule has 0 aliphatic carbocycles. The van der Waals surface area contributed by atoms with Crippen molar-refractivity contribution in [3.8, 4) is 0 Å². The summed E-state index contributed by atoms with van der Waals surface area (Å²) in [5, 5.41) is 0. The Kier molecular flexibility index (Phi) is 5.77. The third-order valence-electron chi connectivity index (χ3n) is 2.76. The van der Waals surface area contributed by atoms with Crippen molar-refractivity contribution in [2.75, 3.05) is 32.8 Å². The van der Waals surface area contributed by atoms with E-state index in [-0.39, 0.29) is 18.0 Å². The summed E-state index contributed by atoms with van der Waals surface area (Å²) in [6.45, 7) is 9.81. The van der Waals surface area contributed by atoms with Crippen LogP contribution in [0.15, 0.2) is 0 Å². The van der Waals surface area contributed by atoms with Crippen LogP contribution in [0.4, 0.5) is 0 Å². The second-order valence-corrected chi connectivity index (χ2v) is 4.45. The molecule has 1 heterocycles. The zero-order valence-electron chi connectivity index (χ0n) is 10.6. The van der Waals surface area contributed by atoms with Gasteiger partial charge in [0.15, 0.2) is 0 Å². The second kappa shape index (κ2) is 6.86. The molecule has 0 aromatic rings. The molecular weight excluding hydrogens is 206 g/mol. The first-order valence-electron chi connectivity index (χ1n) is 6.14. The van der Waals surface area contributed by atoms with Crippen LogP contribution in [-0.4, -0.2) is 49.8 Å². The van der Waals surface area contributed by atoms with E-state index in [9.17, 15) is 4.79 Å². The number of hydrogen-bond donors (Lipinski definition) is 0. The van der Waals surface area contributed by atoms with Gasteiger partial charge in [-0.1, -0.05) is 6.92 Å². The third kappa shape index (κ3) is 4.49. The van der Waals surface area contributed by atoms with E-state index in [0.717, 1.165) is 32.7 Å². The molecule has 1 saturated heterocycles. The SMILES string of the molecule is CCOC(=O)C(C)CN1CCCOC(C)C1. The van der Waals surface area contributed by atoms with Gasteiger partial charge in [0.1, 0.15) is 0 Å². The van der Waals surface area contributed by atoms with Gasteiger partial charge in [-0.25, -0.2) is 0 Å². The highest BCUT2D eigenvalue weighted by molar-refractivity contribution is 5.72. The van der Waals surface area contributed by atoms with Crippen LogP contribution >= 0.6 is 0 Å². The average molecular weight is 229 g/mol. The molecular formula is C12H23NO3. The summed E-state index contributed by atoms with van der Waals surface area (Å²) in [6, 6.07) is 0. The predicted molar refractivity (Wildman–Crippen MR) is 62.3 cm³/mol. The fourth-order valence-electron chi connectivity index (χ4n) is 1.99. The highest BCUT2D eigenvalue weighted by atomic mass is 16.5. The molecule has 2 unspecified atom stereocenters. The molecule has 0 aromatic heterocycles. The molecule has 2 atom stereocenters. The number of esters is 1. The Balaban J connectivity index is 2.36. The molecule has 0 aromatic carbocycles. The third-order valence-corrected chi connectivity index (χ3v) is 2.76. The topological polar surface area (TPSA) is 38.8 Å². The summed E-state index contributed by atoms with van der Waals surface area (Å²) in [6.07, 6.45) is 1.30. The van der Waals surface area contributed by atoms with Gasteiger partial charge in [-0.15, -0.1) is 0 Å². The van der Waals surface area contributed by atoms with Gasteiger partial charge in [-0.3, -0.25) is 9.69 Å². The minimum Gasteiger partial charge on any atom is -0.466 e. The van der Waals surface area contributed by atoms with Crippen molar-refractivity contribution in [3.63, 3.8) is 0 Å². The lowest BCUT2D eigenvalue weighted by Crippen LogP contribution is -2.36. The van der Waals surface area contributed by atoms with Gasteiger partial charge < -0.3 is 9.47 Å². The normalized spacial score (nSPS) is 24.8. The molecule has 0 saturated carbocycles. The van der Waals surface area contributed by atoms with E-state index in [1.54, 1.807) is 0 Å². The van der Waals surface area contributed by atoms with Crippen molar-refractivity contribution in [1.29, 1.82) is 0 Å². The predicted octanol–water partition coefficient (Wildman–Crippen LogP) is 1.30. The van der Waals surface area contributed by atoms with Crippen LogP contribution in [-0.2, 0) is 14.3 Å². The Morgan fingerprint density at radius 2 is 2.38 bits per heavy atom. The van der Waals surface area contributed by atoms with Gasteiger partial charge in [0.05, 0.1) is 18.6 Å². The van der Waals surface area contributed by atoms with Crippen molar-refractivity contribution in [2.24, 2.45) is 5.92 Å². The van der Waals surface area contributed by atoms with E-state index < -0.39 is 0 Å². The van der Waals surface area contributed by atoms with E-state index in [4.69, 9.17) is 9.47 Å². The smallest absolute Gasteiger partial charge is 0.309 e. The van der Waals surface area contributed by atoms with Crippen LogP contribution in [0.1, 0.15) is 27.2 Å². The van der Waals surface area contributed by atoms with E-state index in [0.29, 0.717) is 6.61 Å². The highest BCUT2D eigenvalue weighted by Crippen LogP contribution is 2.09. The zero-order chi connectivity index (χ0) is 12.0. The first kappa shape index (κ1) is 13.5. The molecule has 1 rings (SSSR count). The first-order valence-corrected chi connectivity index (χ1v) is 6.14. The Bertz CT molecular complexity index is 220. The Hall–Kier alpha value is -0.610. The van der Waals surface area contributed by atoms with Gasteiger partial charge >= 0.3 is 5.97 Å². The minimum absolute atomic E-state index is 0.0507. The summed E-state index contributed by atoms with van der Waals surface area (Å²) >= 11 is 0. The van der Waals surface area contributed by atoms with Crippen LogP contribution in [0.5, 0.6) is 0 Å². The van der Waals surface area contributed by atoms with Crippen molar-refractivity contribution in [2.45, 2.75) is 33.3 Å². The molecule has 0 amide bonds. The largest absolute Gasteiger partial charge is 0.466 e. The van der Waals surface area contributed by atoms with Crippen LogP contribution in [0.2, 0.25) is 0 Å². The lowest BCUT2D eigenvalue weighted by atomic mass is 10.1. The van der Waals surface area contributed by atoms with Crippen molar-refractivity contribution < 1.29 is 14.3 Å². The van der Waals surface area contributed by atoms with Crippen LogP contribution in [0.25, 0.3) is 0 Å². The number of nitrogens with zero attached hydrogens (tertiary/aromatic N) is 1. The molecule has 1 fully saturated rings. The van der Waals surface area contributed by atoms with E-state index in [2.05, 4.69) is 11.8 Å². The van der Waals surface area contributed by atoms with Crippen LogP contribution in [0.3, 0.4) is 0 Å². The molecule has 16 heavy (non-hydrogen) atoms. The summed E-state index contributed by atoms with van der Waals surface area (Å²) in [7, 11) is 0. The van der Waals surface area contributed by atoms with Crippen molar-refractivity contribution in [3.05, 3.63) is 0 Å². The van der Waals surface area contributed by atoms with Gasteiger partial charge in [0.2, 0.25) is 0 Å². The molecule has 0 N–H and O–H groups in total. The quantitative estimate of drug-likeness (QED) is 0.681. The van der Waals surface area contributed by atoms with Crippen molar-refractivity contribution >= 4 is 5.97 Å². The van der Waals surface area contributed by atoms with Crippen LogP contribution in [0, 0.1) is 5.92 Å². The first-order chi connectivity index (χ1) is 7.63. The number of carbonyl (C=O) groups excluding carboxylic acids is 1. The second-order valence-electron chi connectivity index (χ2n) is 4.45. The summed E-state index contributed by atoms with van der Waals surface area (Å²) < 4.78 is 10.6. The molecule has 94 valence electrons. The monoisotopic (exact) mass is 229 g/mol. The fourth-order valence-corrected chi connectivity index (χ4v) is 1.99. The summed E-state index contributed by atoms with van der Waals surface area (Å²) in [5.41, 5.74) is 0. The zero-order valence-corrected chi connectivity index (χ0v) is 10.6. The molecule has 4 nitrogen and oxygen atoms in total. The van der Waals surface area contributed by atoms with Gasteiger partial charge in [-0.2, -0.15) is 0 Å². The molecule has 0 radical (unpaired) electrons. The van der Waals surface area contributed by atoms with Crippen molar-refractivity contribution in [1.82, 2.24) is 4.90 Å². The Morgan fingerprint density at radius 1 is 1.62 bits per heavy atom. The van der Waals surface area contributed by atoms with Gasteiger partial charge in [0.25, 0.3) is 0 Å². The number of rotatable bonds is 4. The minimum atomic E-state index is -0.0969. The lowest BCUT2D eigenvalue weighted by Gasteiger charge is -2.24. The maximum absolute atomic E-state index is 11.5. The summed E-state index contributed by atoms with van der Waals surface area (Å²) in [4.78, 5) is 13.8. The highest BCUT2D eigenvalue weighted by Gasteiger charge is 2.21. The molecule has 4 heteroatoms. The fraction of sp³-hybridized carbons (Fsp3) is 0.917. The summed E-state index contributed by atoms with van der Waals surface area (Å²) in [5.74, 6) is -0.148. The lowest BCUT2D eigenvalue weighted by molar-refractivity contribution is -0.148. The maximum atomic E-state index is 11.5. The van der Waals surface area contributed by atoms with Crippen LogP contribution < -0.4 is 0 Å². The maximum Gasteiger partial charge on any atom is 0.309 e. The number of carbonyl (C=O) groups is 1. The number of ether oxygens (including phenoxy) is 2. The average Bonchev–Trinajstić information content (AvgIpc) is 2.43. The van der Waals surface area contributed by atoms with E-state index in [1.807, 2.05) is 13.8 Å².